The van der Waals surface area contributed by atoms with Gasteiger partial charge in [-0.2, -0.15) is 0 Å². The largest absolute Gasteiger partial charge is 0.497 e. The molecule has 0 fully saturated rings. The highest BCUT2D eigenvalue weighted by molar-refractivity contribution is 5.92. The van der Waals surface area contributed by atoms with Crippen molar-refractivity contribution in [1.82, 2.24) is 9.88 Å². The zero-order valence-electron chi connectivity index (χ0n) is 19.2. The van der Waals surface area contributed by atoms with Gasteiger partial charge < -0.3 is 14.6 Å². The van der Waals surface area contributed by atoms with E-state index in [4.69, 9.17) is 4.74 Å². The molecule has 1 amide bonds. The van der Waals surface area contributed by atoms with Crippen molar-refractivity contribution < 1.29 is 9.53 Å². The average Bonchev–Trinajstić information content (AvgIpc) is 3.06. The molecule has 4 aromatic rings. The van der Waals surface area contributed by atoms with Crippen molar-refractivity contribution in [2.24, 2.45) is 0 Å². The third-order valence-electron chi connectivity index (χ3n) is 5.94. The van der Waals surface area contributed by atoms with Crippen LogP contribution in [0.2, 0.25) is 0 Å². The summed E-state index contributed by atoms with van der Waals surface area (Å²) in [6.07, 6.45) is 0.413. The topological polar surface area (TPSA) is 43.3 Å². The molecular weight excluding hydrogens is 396 g/mol. The molecule has 0 aliphatic rings. The number of nitrogens with zero attached hydrogens (tertiary/aromatic N) is 1. The Labute approximate surface area is 189 Å². The predicted octanol–water partition coefficient (Wildman–Crippen LogP) is 5.66. The Morgan fingerprint density at radius 1 is 0.938 bits per heavy atom. The lowest BCUT2D eigenvalue weighted by atomic mass is 10.1. The molecule has 1 aromatic heterocycles. The van der Waals surface area contributed by atoms with Gasteiger partial charge in [-0.3, -0.25) is 4.79 Å². The third-order valence-corrected chi connectivity index (χ3v) is 5.94. The number of hydrogen-bond acceptors (Lipinski definition) is 2. The Bertz CT molecular complexity index is 1240. The van der Waals surface area contributed by atoms with E-state index in [1.807, 2.05) is 19.1 Å². The number of likely N-dealkylation sites (N-methyl/N-ethyl adjacent to an activating group) is 1. The van der Waals surface area contributed by atoms with Crippen LogP contribution in [0.25, 0.3) is 22.2 Å². The quantitative estimate of drug-likeness (QED) is 0.414. The minimum atomic E-state index is 0.0597. The minimum absolute atomic E-state index is 0.0597. The Morgan fingerprint density at radius 2 is 1.62 bits per heavy atom. The second-order valence-electron chi connectivity index (χ2n) is 8.26. The maximum atomic E-state index is 11.9. The number of hydrogen-bond donors (Lipinski definition) is 1. The maximum Gasteiger partial charge on any atom is 0.224 e. The Morgan fingerprint density at radius 3 is 2.28 bits per heavy atom. The number of amides is 1. The lowest BCUT2D eigenvalue weighted by Gasteiger charge is -2.13. The summed E-state index contributed by atoms with van der Waals surface area (Å²) in [7, 11) is 1.69. The smallest absolute Gasteiger partial charge is 0.224 e. The summed E-state index contributed by atoms with van der Waals surface area (Å²) in [5.41, 5.74) is 8.39. The van der Waals surface area contributed by atoms with E-state index in [-0.39, 0.29) is 5.91 Å². The zero-order valence-corrected chi connectivity index (χ0v) is 19.2. The van der Waals surface area contributed by atoms with Crippen molar-refractivity contribution in [1.29, 1.82) is 0 Å². The first-order chi connectivity index (χ1) is 15.5. The zero-order chi connectivity index (χ0) is 22.7. The summed E-state index contributed by atoms with van der Waals surface area (Å²) in [6.45, 7) is 7.69. The summed E-state index contributed by atoms with van der Waals surface area (Å²) in [6, 6.07) is 23.3. The van der Waals surface area contributed by atoms with Crippen LogP contribution in [-0.4, -0.2) is 24.1 Å². The van der Waals surface area contributed by atoms with E-state index in [9.17, 15) is 4.79 Å². The second kappa shape index (κ2) is 9.31. The van der Waals surface area contributed by atoms with Crippen molar-refractivity contribution in [2.75, 3.05) is 13.7 Å². The van der Waals surface area contributed by atoms with Crippen molar-refractivity contribution >= 4 is 16.8 Å². The number of aromatic nitrogens is 1. The van der Waals surface area contributed by atoms with Gasteiger partial charge in [-0.1, -0.05) is 35.9 Å². The summed E-state index contributed by atoms with van der Waals surface area (Å²) in [5.74, 6) is 0.914. The van der Waals surface area contributed by atoms with Crippen LogP contribution in [-0.2, 0) is 17.8 Å². The first-order valence-electron chi connectivity index (χ1n) is 11.1. The van der Waals surface area contributed by atoms with Crippen molar-refractivity contribution in [2.45, 2.75) is 33.7 Å². The highest BCUT2D eigenvalue weighted by Gasteiger charge is 2.16. The molecular formula is C28H30N2O2. The number of nitrogens with one attached hydrogen (secondary N) is 1. The number of carbonyl (C=O) groups is 1. The summed E-state index contributed by atoms with van der Waals surface area (Å²) >= 11 is 0. The fraction of sp³-hybridized carbons (Fsp3) is 0.250. The summed E-state index contributed by atoms with van der Waals surface area (Å²) in [4.78, 5) is 11.9. The molecule has 0 aliphatic heterocycles. The van der Waals surface area contributed by atoms with Gasteiger partial charge in [0.15, 0.2) is 0 Å². The third kappa shape index (κ3) is 4.40. The number of fused-ring (bicyclic) bond motifs is 1. The molecule has 4 heteroatoms. The molecule has 164 valence electrons. The van der Waals surface area contributed by atoms with Crippen molar-refractivity contribution in [3.05, 3.63) is 89.0 Å². The van der Waals surface area contributed by atoms with E-state index in [1.54, 1.807) is 7.11 Å². The van der Waals surface area contributed by atoms with E-state index < -0.39 is 0 Å². The van der Waals surface area contributed by atoms with E-state index in [0.29, 0.717) is 13.0 Å². The van der Waals surface area contributed by atoms with Crippen LogP contribution in [0.4, 0.5) is 0 Å². The van der Waals surface area contributed by atoms with Gasteiger partial charge in [0.1, 0.15) is 5.75 Å². The van der Waals surface area contributed by atoms with Gasteiger partial charge in [-0.15, -0.1) is 0 Å². The average molecular weight is 427 g/mol. The predicted molar refractivity (Wildman–Crippen MR) is 131 cm³/mol. The molecule has 1 heterocycles. The highest BCUT2D eigenvalue weighted by atomic mass is 16.5. The molecule has 4 nitrogen and oxygen atoms in total. The standard InChI is InChI=1S/C28H30N2O2/c1-5-29-27(31)17-21-7-9-22(10-8-21)18-30-26-15-6-19(2)16-25(26)20(3)28(30)23-11-13-24(32-4)14-12-23/h6-16H,5,17-18H2,1-4H3,(H,29,31). The number of rotatable bonds is 7. The van der Waals surface area contributed by atoms with Crippen LogP contribution < -0.4 is 10.1 Å². The van der Waals surface area contributed by atoms with Crippen LogP contribution in [0.5, 0.6) is 5.75 Å². The van der Waals surface area contributed by atoms with Crippen LogP contribution in [0.1, 0.15) is 29.2 Å². The van der Waals surface area contributed by atoms with Crippen molar-refractivity contribution in [3.8, 4) is 17.0 Å². The van der Waals surface area contributed by atoms with E-state index >= 15 is 0 Å². The number of aryl methyl sites for hydroxylation is 2. The van der Waals surface area contributed by atoms with E-state index in [2.05, 4.69) is 78.3 Å². The molecule has 0 spiro atoms. The van der Waals surface area contributed by atoms with E-state index in [1.165, 1.54) is 38.9 Å². The number of methoxy groups -OCH3 is 1. The lowest BCUT2D eigenvalue weighted by molar-refractivity contribution is -0.120. The second-order valence-corrected chi connectivity index (χ2v) is 8.26. The molecule has 3 aromatic carbocycles. The van der Waals surface area contributed by atoms with Gasteiger partial charge in [0.25, 0.3) is 0 Å². The number of benzene rings is 3. The molecule has 0 saturated heterocycles. The van der Waals surface area contributed by atoms with Crippen molar-refractivity contribution in [3.63, 3.8) is 0 Å². The molecule has 4 rings (SSSR count). The van der Waals surface area contributed by atoms with Crippen LogP contribution in [0.3, 0.4) is 0 Å². The maximum absolute atomic E-state index is 11.9. The van der Waals surface area contributed by atoms with Gasteiger partial charge in [0.05, 0.1) is 19.2 Å². The van der Waals surface area contributed by atoms with Gasteiger partial charge in [0.2, 0.25) is 5.91 Å². The van der Waals surface area contributed by atoms with E-state index in [0.717, 1.165) is 17.9 Å². The molecule has 0 radical (unpaired) electrons. The summed E-state index contributed by atoms with van der Waals surface area (Å²) in [5, 5.41) is 4.14. The first kappa shape index (κ1) is 21.7. The fourth-order valence-electron chi connectivity index (χ4n) is 4.31. The Hall–Kier alpha value is -3.53. The normalized spacial score (nSPS) is 11.0. The minimum Gasteiger partial charge on any atom is -0.497 e. The Kier molecular flexibility index (Phi) is 6.31. The number of ether oxygens (including phenoxy) is 1. The molecule has 0 bridgehead atoms. The first-order valence-corrected chi connectivity index (χ1v) is 11.1. The number of carbonyl (C=O) groups excluding carboxylic acids is 1. The van der Waals surface area contributed by atoms with Gasteiger partial charge in [-0.25, -0.2) is 0 Å². The van der Waals surface area contributed by atoms with Crippen LogP contribution in [0, 0.1) is 13.8 Å². The molecule has 0 atom stereocenters. The van der Waals surface area contributed by atoms with Crippen LogP contribution >= 0.6 is 0 Å². The summed E-state index contributed by atoms with van der Waals surface area (Å²) < 4.78 is 7.75. The van der Waals surface area contributed by atoms with Gasteiger partial charge in [0, 0.05) is 24.0 Å². The van der Waals surface area contributed by atoms with Gasteiger partial charge in [-0.05, 0) is 79.4 Å². The Balaban J connectivity index is 1.73. The lowest BCUT2D eigenvalue weighted by Crippen LogP contribution is -2.24. The molecule has 32 heavy (non-hydrogen) atoms. The van der Waals surface area contributed by atoms with Gasteiger partial charge >= 0.3 is 0 Å². The molecule has 1 N–H and O–H groups in total. The van der Waals surface area contributed by atoms with Crippen LogP contribution in [0.15, 0.2) is 66.7 Å². The molecule has 0 unspecified atom stereocenters. The fourth-order valence-corrected chi connectivity index (χ4v) is 4.31. The monoisotopic (exact) mass is 426 g/mol. The molecule has 0 aliphatic carbocycles. The molecule has 0 saturated carbocycles. The SMILES string of the molecule is CCNC(=O)Cc1ccc(Cn2c(-c3ccc(OC)cc3)c(C)c3cc(C)ccc32)cc1. The highest BCUT2D eigenvalue weighted by Crippen LogP contribution is 2.35.